The van der Waals surface area contributed by atoms with Crippen molar-refractivity contribution in [2.24, 2.45) is 5.16 Å². The molecule has 3 rings (SSSR count). The summed E-state index contributed by atoms with van der Waals surface area (Å²) in [6, 6.07) is 22.0. The number of rotatable bonds is 11. The van der Waals surface area contributed by atoms with Crippen LogP contribution in [0.15, 0.2) is 78.0 Å². The predicted molar refractivity (Wildman–Crippen MR) is 121 cm³/mol. The first-order chi connectivity index (χ1) is 15.6. The lowest BCUT2D eigenvalue weighted by Gasteiger charge is -2.13. The van der Waals surface area contributed by atoms with Crippen molar-refractivity contribution in [3.8, 4) is 23.0 Å². The van der Waals surface area contributed by atoms with Crippen molar-refractivity contribution in [1.29, 1.82) is 0 Å². The summed E-state index contributed by atoms with van der Waals surface area (Å²) in [5, 5.41) is 13.3. The summed E-state index contributed by atoms with van der Waals surface area (Å²) >= 11 is 0. The third-order valence-electron chi connectivity index (χ3n) is 4.36. The molecule has 32 heavy (non-hydrogen) atoms. The standard InChI is InChI=1S/C25H25NO6/c1-3-31-26-24(17-30-23-13-18(14-25(27)28)12-22(16-23)29-2)19-8-7-11-21(15-19)32-20-9-5-4-6-10-20/h4-13,15-16H,3,14,17H2,1-2H3,(H,27,28). The van der Waals surface area contributed by atoms with Crippen LogP contribution in [0.5, 0.6) is 23.0 Å². The molecule has 7 heteroatoms. The molecule has 0 aromatic heterocycles. The molecule has 0 atom stereocenters. The van der Waals surface area contributed by atoms with Gasteiger partial charge in [-0.3, -0.25) is 4.79 Å². The number of para-hydroxylation sites is 1. The first-order valence-corrected chi connectivity index (χ1v) is 10.1. The second-order valence-electron chi connectivity index (χ2n) is 6.77. The van der Waals surface area contributed by atoms with Crippen molar-refractivity contribution in [3.63, 3.8) is 0 Å². The molecule has 3 aromatic carbocycles. The van der Waals surface area contributed by atoms with Gasteiger partial charge in [0.2, 0.25) is 0 Å². The highest BCUT2D eigenvalue weighted by Crippen LogP contribution is 2.25. The number of hydrogen-bond donors (Lipinski definition) is 1. The molecule has 0 spiro atoms. The van der Waals surface area contributed by atoms with Crippen LogP contribution in [0.25, 0.3) is 0 Å². The summed E-state index contributed by atoms with van der Waals surface area (Å²) in [5.41, 5.74) is 1.92. The molecule has 166 valence electrons. The third kappa shape index (κ3) is 6.77. The maximum Gasteiger partial charge on any atom is 0.307 e. The highest BCUT2D eigenvalue weighted by Gasteiger charge is 2.11. The molecule has 0 amide bonds. The molecule has 0 unspecified atom stereocenters. The molecule has 0 saturated carbocycles. The van der Waals surface area contributed by atoms with E-state index in [1.807, 2.05) is 61.5 Å². The van der Waals surface area contributed by atoms with Crippen molar-refractivity contribution < 1.29 is 28.9 Å². The highest BCUT2D eigenvalue weighted by molar-refractivity contribution is 6.01. The fourth-order valence-corrected chi connectivity index (χ4v) is 2.93. The van der Waals surface area contributed by atoms with Crippen molar-refractivity contribution in [1.82, 2.24) is 0 Å². The van der Waals surface area contributed by atoms with Gasteiger partial charge in [0.25, 0.3) is 0 Å². The van der Waals surface area contributed by atoms with Crippen LogP contribution in [0, 0.1) is 0 Å². The molecular weight excluding hydrogens is 410 g/mol. The summed E-state index contributed by atoms with van der Waals surface area (Å²) in [5.74, 6) is 1.44. The molecule has 0 radical (unpaired) electrons. The Hall–Kier alpha value is -4.00. The van der Waals surface area contributed by atoms with Crippen LogP contribution in [0.2, 0.25) is 0 Å². The summed E-state index contributed by atoms with van der Waals surface area (Å²) in [6.45, 7) is 2.36. The smallest absolute Gasteiger partial charge is 0.307 e. The lowest BCUT2D eigenvalue weighted by molar-refractivity contribution is -0.136. The van der Waals surface area contributed by atoms with E-state index in [9.17, 15) is 4.79 Å². The normalized spacial score (nSPS) is 11.0. The van der Waals surface area contributed by atoms with Gasteiger partial charge in [-0.05, 0) is 48.9 Å². The van der Waals surface area contributed by atoms with Crippen LogP contribution < -0.4 is 14.2 Å². The van der Waals surface area contributed by atoms with Gasteiger partial charge in [0.1, 0.15) is 41.9 Å². The number of methoxy groups -OCH3 is 1. The van der Waals surface area contributed by atoms with E-state index in [4.69, 9.17) is 24.2 Å². The molecular formula is C25H25NO6. The zero-order valence-electron chi connectivity index (χ0n) is 18.0. The van der Waals surface area contributed by atoms with Crippen LogP contribution in [-0.4, -0.2) is 37.1 Å². The lowest BCUT2D eigenvalue weighted by atomic mass is 10.1. The molecule has 0 bridgehead atoms. The van der Waals surface area contributed by atoms with Crippen molar-refractivity contribution in [3.05, 3.63) is 83.9 Å². The number of benzene rings is 3. The highest BCUT2D eigenvalue weighted by atomic mass is 16.6. The Morgan fingerprint density at radius 1 is 0.906 bits per heavy atom. The Kier molecular flexibility index (Phi) is 8.09. The van der Waals surface area contributed by atoms with E-state index < -0.39 is 5.97 Å². The summed E-state index contributed by atoms with van der Waals surface area (Å²) in [7, 11) is 1.52. The van der Waals surface area contributed by atoms with E-state index in [1.165, 1.54) is 7.11 Å². The van der Waals surface area contributed by atoms with Gasteiger partial charge in [-0.2, -0.15) is 0 Å². The number of aliphatic carboxylic acids is 1. The number of nitrogens with zero attached hydrogens (tertiary/aromatic N) is 1. The zero-order chi connectivity index (χ0) is 22.8. The largest absolute Gasteiger partial charge is 0.497 e. The van der Waals surface area contributed by atoms with Crippen molar-refractivity contribution in [2.45, 2.75) is 13.3 Å². The van der Waals surface area contributed by atoms with E-state index in [0.717, 1.165) is 11.3 Å². The average molecular weight is 435 g/mol. The third-order valence-corrected chi connectivity index (χ3v) is 4.36. The topological polar surface area (TPSA) is 86.6 Å². The summed E-state index contributed by atoms with van der Waals surface area (Å²) in [4.78, 5) is 16.4. The van der Waals surface area contributed by atoms with Gasteiger partial charge in [-0.1, -0.05) is 35.5 Å². The van der Waals surface area contributed by atoms with E-state index in [2.05, 4.69) is 5.16 Å². The fourth-order valence-electron chi connectivity index (χ4n) is 2.93. The maximum atomic E-state index is 11.1. The minimum atomic E-state index is -0.932. The minimum absolute atomic E-state index is 0.106. The van der Waals surface area contributed by atoms with Crippen molar-refractivity contribution >= 4 is 11.7 Å². The number of carbonyl (C=O) groups is 1. The van der Waals surface area contributed by atoms with E-state index in [0.29, 0.717) is 35.1 Å². The SMILES string of the molecule is CCON=C(COc1cc(CC(=O)O)cc(OC)c1)c1cccc(Oc2ccccc2)c1. The molecule has 1 N–H and O–H groups in total. The molecule has 3 aromatic rings. The van der Waals surface area contributed by atoms with Gasteiger partial charge >= 0.3 is 5.97 Å². The maximum absolute atomic E-state index is 11.1. The quantitative estimate of drug-likeness (QED) is 0.339. The molecule has 0 saturated heterocycles. The van der Waals surface area contributed by atoms with Crippen LogP contribution in [0.1, 0.15) is 18.1 Å². The molecule has 0 aliphatic rings. The minimum Gasteiger partial charge on any atom is -0.497 e. The second kappa shape index (κ2) is 11.4. The van der Waals surface area contributed by atoms with E-state index >= 15 is 0 Å². The van der Waals surface area contributed by atoms with Gasteiger partial charge in [-0.15, -0.1) is 0 Å². The second-order valence-corrected chi connectivity index (χ2v) is 6.77. The van der Waals surface area contributed by atoms with E-state index in [1.54, 1.807) is 18.2 Å². The Labute approximate surface area is 186 Å². The molecule has 7 nitrogen and oxygen atoms in total. The summed E-state index contributed by atoms with van der Waals surface area (Å²) in [6.07, 6.45) is -0.133. The van der Waals surface area contributed by atoms with E-state index in [-0.39, 0.29) is 13.0 Å². The fraction of sp³-hybridized carbons (Fsp3) is 0.200. The number of oxime groups is 1. The number of hydrogen-bond acceptors (Lipinski definition) is 6. The van der Waals surface area contributed by atoms with Gasteiger partial charge < -0.3 is 24.2 Å². The van der Waals surface area contributed by atoms with Crippen LogP contribution in [-0.2, 0) is 16.1 Å². The molecule has 0 fully saturated rings. The van der Waals surface area contributed by atoms with Crippen LogP contribution in [0.4, 0.5) is 0 Å². The van der Waals surface area contributed by atoms with Crippen molar-refractivity contribution in [2.75, 3.05) is 20.3 Å². The Balaban J connectivity index is 1.79. The molecule has 0 heterocycles. The number of carboxylic acid groups (broad SMARTS) is 1. The first-order valence-electron chi connectivity index (χ1n) is 10.1. The number of ether oxygens (including phenoxy) is 3. The monoisotopic (exact) mass is 435 g/mol. The summed E-state index contributed by atoms with van der Waals surface area (Å²) < 4.78 is 17.1. The van der Waals surface area contributed by atoms with Gasteiger partial charge in [0, 0.05) is 11.6 Å². The zero-order valence-corrected chi connectivity index (χ0v) is 18.0. The lowest BCUT2D eigenvalue weighted by Crippen LogP contribution is -2.14. The molecule has 0 aliphatic carbocycles. The average Bonchev–Trinajstić information content (AvgIpc) is 2.79. The molecule has 0 aliphatic heterocycles. The first kappa shape index (κ1) is 22.7. The van der Waals surface area contributed by atoms with Gasteiger partial charge in [-0.25, -0.2) is 0 Å². The Morgan fingerprint density at radius 3 is 2.38 bits per heavy atom. The van der Waals surface area contributed by atoms with Crippen LogP contribution in [0.3, 0.4) is 0 Å². The number of carboxylic acids is 1. The van der Waals surface area contributed by atoms with Crippen LogP contribution >= 0.6 is 0 Å². The Morgan fingerprint density at radius 2 is 1.66 bits per heavy atom. The van der Waals surface area contributed by atoms with Gasteiger partial charge in [0.05, 0.1) is 13.5 Å². The Bertz CT molecular complexity index is 1070. The van der Waals surface area contributed by atoms with Gasteiger partial charge in [0.15, 0.2) is 0 Å². The predicted octanol–water partition coefficient (Wildman–Crippen LogP) is 4.93.